The van der Waals surface area contributed by atoms with Gasteiger partial charge in [-0.15, -0.1) is 0 Å². The molecule has 0 fully saturated rings. The fraction of sp³-hybridized carbons (Fsp3) is 0.429. The summed E-state index contributed by atoms with van der Waals surface area (Å²) in [7, 11) is 0. The zero-order chi connectivity index (χ0) is 11.9. The summed E-state index contributed by atoms with van der Waals surface area (Å²) < 4.78 is 40.8. The van der Waals surface area contributed by atoms with Gasteiger partial charge in [0, 0.05) is 6.07 Å². The van der Waals surface area contributed by atoms with E-state index in [2.05, 4.69) is 9.68 Å². The minimum absolute atomic E-state index is 0.444. The zero-order valence-corrected chi connectivity index (χ0v) is 7.37. The number of rotatable bonds is 2. The van der Waals surface area contributed by atoms with Crippen molar-refractivity contribution in [3.8, 4) is 0 Å². The lowest BCUT2D eigenvalue weighted by molar-refractivity contribution is -0.265. The number of nitrogens with zero attached hydrogens (tertiary/aromatic N) is 1. The predicted octanol–water partition coefficient (Wildman–Crippen LogP) is 1.14. The lowest BCUT2D eigenvalue weighted by atomic mass is 10.0. The maximum absolute atomic E-state index is 12.2. The van der Waals surface area contributed by atoms with Crippen molar-refractivity contribution in [1.82, 2.24) is 5.16 Å². The highest BCUT2D eigenvalue weighted by molar-refractivity contribution is 5.85. The van der Waals surface area contributed by atoms with Gasteiger partial charge in [-0.3, -0.25) is 0 Å². The molecule has 0 saturated carbocycles. The summed E-state index contributed by atoms with van der Waals surface area (Å²) in [5.74, 6) is -2.50. The van der Waals surface area contributed by atoms with Crippen LogP contribution in [0.25, 0.3) is 0 Å². The number of aromatic carboxylic acids is 1. The van der Waals surface area contributed by atoms with Crippen LogP contribution < -0.4 is 0 Å². The normalized spacial score (nSPS) is 16.1. The molecule has 1 aromatic heterocycles. The second-order valence-electron chi connectivity index (χ2n) is 2.95. The van der Waals surface area contributed by atoms with Crippen LogP contribution in [0.2, 0.25) is 0 Å². The van der Waals surface area contributed by atoms with Gasteiger partial charge in [-0.25, -0.2) is 4.79 Å². The van der Waals surface area contributed by atoms with Gasteiger partial charge in [-0.2, -0.15) is 13.2 Å². The van der Waals surface area contributed by atoms with Crippen molar-refractivity contribution in [2.24, 2.45) is 0 Å². The lowest BCUT2D eigenvalue weighted by Gasteiger charge is -2.22. The van der Waals surface area contributed by atoms with E-state index in [0.717, 1.165) is 0 Å². The molecule has 1 heterocycles. The van der Waals surface area contributed by atoms with Crippen LogP contribution in [-0.4, -0.2) is 27.5 Å². The number of aliphatic hydroxyl groups is 1. The first kappa shape index (κ1) is 11.5. The largest absolute Gasteiger partial charge is 0.476 e. The van der Waals surface area contributed by atoms with Crippen molar-refractivity contribution < 1.29 is 32.7 Å². The Morgan fingerprint density at radius 1 is 1.53 bits per heavy atom. The minimum Gasteiger partial charge on any atom is -0.476 e. The SMILES string of the molecule is CC(O)(c1cc(C(=O)O)no1)C(F)(F)F. The van der Waals surface area contributed by atoms with E-state index in [0.29, 0.717) is 13.0 Å². The van der Waals surface area contributed by atoms with E-state index in [1.165, 1.54) is 0 Å². The summed E-state index contributed by atoms with van der Waals surface area (Å²) in [6, 6.07) is 0.524. The first-order valence-corrected chi connectivity index (χ1v) is 3.66. The number of aromatic nitrogens is 1. The van der Waals surface area contributed by atoms with E-state index in [1.807, 2.05) is 0 Å². The van der Waals surface area contributed by atoms with Gasteiger partial charge in [0.05, 0.1) is 0 Å². The highest BCUT2D eigenvalue weighted by Gasteiger charge is 2.54. The monoisotopic (exact) mass is 225 g/mol. The van der Waals surface area contributed by atoms with E-state index >= 15 is 0 Å². The molecule has 2 N–H and O–H groups in total. The Hall–Kier alpha value is -1.57. The van der Waals surface area contributed by atoms with Crippen LogP contribution in [0.4, 0.5) is 13.2 Å². The van der Waals surface area contributed by atoms with Crippen LogP contribution in [0.1, 0.15) is 23.2 Å². The summed E-state index contributed by atoms with van der Waals surface area (Å²) in [6.45, 7) is 0.444. The third kappa shape index (κ3) is 1.94. The molecule has 0 aliphatic heterocycles. The van der Waals surface area contributed by atoms with Crippen molar-refractivity contribution in [3.05, 3.63) is 17.5 Å². The van der Waals surface area contributed by atoms with Gasteiger partial charge < -0.3 is 14.7 Å². The van der Waals surface area contributed by atoms with Crippen molar-refractivity contribution in [2.75, 3.05) is 0 Å². The molecule has 1 unspecified atom stereocenters. The van der Waals surface area contributed by atoms with E-state index < -0.39 is 29.2 Å². The Kier molecular flexibility index (Phi) is 2.48. The van der Waals surface area contributed by atoms with Gasteiger partial charge >= 0.3 is 12.1 Å². The maximum Gasteiger partial charge on any atom is 0.424 e. The maximum atomic E-state index is 12.2. The molecule has 0 radical (unpaired) electrons. The summed E-state index contributed by atoms with van der Waals surface area (Å²) in [5.41, 5.74) is -3.96. The Morgan fingerprint density at radius 3 is 2.40 bits per heavy atom. The second-order valence-corrected chi connectivity index (χ2v) is 2.95. The smallest absolute Gasteiger partial charge is 0.424 e. The summed E-state index contributed by atoms with van der Waals surface area (Å²) in [4.78, 5) is 10.3. The van der Waals surface area contributed by atoms with Crippen LogP contribution in [0, 0.1) is 0 Å². The molecule has 0 saturated heterocycles. The Bertz CT molecular complexity index is 382. The third-order valence-corrected chi connectivity index (χ3v) is 1.76. The molecule has 84 valence electrons. The first-order chi connectivity index (χ1) is 6.66. The van der Waals surface area contributed by atoms with E-state index in [-0.39, 0.29) is 0 Å². The van der Waals surface area contributed by atoms with E-state index in [9.17, 15) is 18.0 Å². The van der Waals surface area contributed by atoms with Crippen LogP contribution in [-0.2, 0) is 5.60 Å². The predicted molar refractivity (Wildman–Crippen MR) is 39.1 cm³/mol. The van der Waals surface area contributed by atoms with Gasteiger partial charge in [0.1, 0.15) is 0 Å². The highest BCUT2D eigenvalue weighted by atomic mass is 19.4. The van der Waals surface area contributed by atoms with Gasteiger partial charge in [0.15, 0.2) is 11.5 Å². The molecular weight excluding hydrogens is 219 g/mol. The fourth-order valence-corrected chi connectivity index (χ4v) is 0.745. The molecule has 1 atom stereocenters. The van der Waals surface area contributed by atoms with E-state index in [1.54, 1.807) is 0 Å². The number of carboxylic acid groups (broad SMARTS) is 1. The summed E-state index contributed by atoms with van der Waals surface area (Å²) in [6.07, 6.45) is -4.97. The molecule has 1 aromatic rings. The highest BCUT2D eigenvalue weighted by Crippen LogP contribution is 2.38. The van der Waals surface area contributed by atoms with Crippen molar-refractivity contribution in [2.45, 2.75) is 18.7 Å². The Labute approximate surface area is 81.1 Å². The molecule has 0 aliphatic carbocycles. The van der Waals surface area contributed by atoms with Crippen LogP contribution in [0.5, 0.6) is 0 Å². The average Bonchev–Trinajstić information content (AvgIpc) is 2.49. The Morgan fingerprint density at radius 2 is 2.07 bits per heavy atom. The standard InChI is InChI=1S/C7H6F3NO4/c1-6(14,7(8,9)10)4-2-3(5(12)13)11-15-4/h2,14H,1H3,(H,12,13). The fourth-order valence-electron chi connectivity index (χ4n) is 0.745. The lowest BCUT2D eigenvalue weighted by Crippen LogP contribution is -2.38. The van der Waals surface area contributed by atoms with Crippen LogP contribution in [0.15, 0.2) is 10.6 Å². The quantitative estimate of drug-likeness (QED) is 0.788. The molecule has 5 nitrogen and oxygen atoms in total. The number of hydrogen-bond donors (Lipinski definition) is 2. The number of hydrogen-bond acceptors (Lipinski definition) is 4. The number of alkyl halides is 3. The van der Waals surface area contributed by atoms with Gasteiger partial charge in [0.25, 0.3) is 0 Å². The number of halogens is 3. The zero-order valence-electron chi connectivity index (χ0n) is 7.37. The molecule has 1 rings (SSSR count). The second kappa shape index (κ2) is 3.23. The molecule has 0 aromatic carbocycles. The third-order valence-electron chi connectivity index (χ3n) is 1.76. The molecule has 0 spiro atoms. The molecule has 0 amide bonds. The first-order valence-electron chi connectivity index (χ1n) is 3.66. The Balaban J connectivity index is 3.11. The minimum atomic E-state index is -4.97. The number of carbonyl (C=O) groups is 1. The van der Waals surface area contributed by atoms with Crippen LogP contribution >= 0.6 is 0 Å². The van der Waals surface area contributed by atoms with Gasteiger partial charge in [-0.1, -0.05) is 5.16 Å². The number of carboxylic acids is 1. The molecule has 0 aliphatic rings. The topological polar surface area (TPSA) is 83.6 Å². The van der Waals surface area contributed by atoms with Gasteiger partial charge in [0.2, 0.25) is 5.60 Å². The van der Waals surface area contributed by atoms with Crippen molar-refractivity contribution in [3.63, 3.8) is 0 Å². The average molecular weight is 225 g/mol. The molecule has 0 bridgehead atoms. The van der Waals surface area contributed by atoms with Gasteiger partial charge in [-0.05, 0) is 6.92 Å². The molecule has 15 heavy (non-hydrogen) atoms. The summed E-state index contributed by atoms with van der Waals surface area (Å²) >= 11 is 0. The van der Waals surface area contributed by atoms with Crippen LogP contribution in [0.3, 0.4) is 0 Å². The molecular formula is C7H6F3NO4. The van der Waals surface area contributed by atoms with Crippen molar-refractivity contribution >= 4 is 5.97 Å². The summed E-state index contributed by atoms with van der Waals surface area (Å²) in [5, 5.41) is 20.3. The van der Waals surface area contributed by atoms with Crippen molar-refractivity contribution in [1.29, 1.82) is 0 Å². The van der Waals surface area contributed by atoms with E-state index in [4.69, 9.17) is 10.2 Å². The molecule has 8 heteroatoms.